The molecule has 0 aliphatic rings. The Hall–Kier alpha value is -3.35. The zero-order valence-electron chi connectivity index (χ0n) is 18.5. The van der Waals surface area contributed by atoms with Crippen molar-refractivity contribution in [3.05, 3.63) is 59.5 Å². The molecular formula is C24H29N3O4. The summed E-state index contributed by atoms with van der Waals surface area (Å²) in [4.78, 5) is 16.8. The Kier molecular flexibility index (Phi) is 7.65. The molecule has 0 aliphatic heterocycles. The van der Waals surface area contributed by atoms with Gasteiger partial charge in [0.2, 0.25) is 17.6 Å². The van der Waals surface area contributed by atoms with E-state index >= 15 is 0 Å². The number of carbonyl (C=O) groups excluding carboxylic acids is 1. The third kappa shape index (κ3) is 6.07. The van der Waals surface area contributed by atoms with Crippen molar-refractivity contribution in [3.8, 4) is 22.9 Å². The van der Waals surface area contributed by atoms with Crippen molar-refractivity contribution < 1.29 is 18.8 Å². The number of aromatic nitrogens is 2. The summed E-state index contributed by atoms with van der Waals surface area (Å²) in [5.41, 5.74) is 3.00. The number of amides is 1. The lowest BCUT2D eigenvalue weighted by atomic mass is 10.1. The van der Waals surface area contributed by atoms with Gasteiger partial charge >= 0.3 is 0 Å². The average Bonchev–Trinajstić information content (AvgIpc) is 3.23. The van der Waals surface area contributed by atoms with E-state index in [2.05, 4.69) is 15.5 Å². The molecule has 0 fully saturated rings. The molecule has 164 valence electrons. The number of nitrogens with one attached hydrogen (secondary N) is 1. The van der Waals surface area contributed by atoms with Crippen LogP contribution in [0.5, 0.6) is 11.5 Å². The van der Waals surface area contributed by atoms with Crippen LogP contribution in [0.4, 0.5) is 0 Å². The molecule has 0 unspecified atom stereocenters. The smallest absolute Gasteiger partial charge is 0.227 e. The van der Waals surface area contributed by atoms with E-state index in [1.165, 1.54) is 5.56 Å². The topological polar surface area (TPSA) is 86.5 Å². The largest absolute Gasteiger partial charge is 0.490 e. The molecule has 0 bridgehead atoms. The van der Waals surface area contributed by atoms with Crippen molar-refractivity contribution in [3.63, 3.8) is 0 Å². The van der Waals surface area contributed by atoms with E-state index in [1.54, 1.807) is 0 Å². The first-order valence-electron chi connectivity index (χ1n) is 10.6. The first-order chi connectivity index (χ1) is 15.0. The van der Waals surface area contributed by atoms with Gasteiger partial charge in [0.05, 0.1) is 19.3 Å². The SMILES string of the molecule is CCOc1ccc([C@@H](C)NC(=O)CCc2nc(-c3ccc(C)cc3)no2)cc1OCC. The van der Waals surface area contributed by atoms with Crippen LogP contribution in [0.15, 0.2) is 47.0 Å². The molecule has 3 aromatic rings. The summed E-state index contributed by atoms with van der Waals surface area (Å²) in [6.07, 6.45) is 0.639. The van der Waals surface area contributed by atoms with Gasteiger partial charge in [-0.1, -0.05) is 41.1 Å². The van der Waals surface area contributed by atoms with E-state index in [1.807, 2.05) is 70.2 Å². The number of ether oxygens (including phenoxy) is 2. The highest BCUT2D eigenvalue weighted by molar-refractivity contribution is 5.76. The fourth-order valence-electron chi connectivity index (χ4n) is 3.13. The summed E-state index contributed by atoms with van der Waals surface area (Å²) < 4.78 is 16.6. The molecule has 0 radical (unpaired) electrons. The van der Waals surface area contributed by atoms with E-state index in [0.717, 1.165) is 11.1 Å². The summed E-state index contributed by atoms with van der Waals surface area (Å²) in [6.45, 7) is 8.92. The molecule has 0 aliphatic carbocycles. The molecule has 1 aromatic heterocycles. The number of hydrogen-bond acceptors (Lipinski definition) is 6. The lowest BCUT2D eigenvalue weighted by molar-refractivity contribution is -0.121. The minimum Gasteiger partial charge on any atom is -0.490 e. The Bertz CT molecular complexity index is 998. The van der Waals surface area contributed by atoms with Crippen LogP contribution in [-0.2, 0) is 11.2 Å². The van der Waals surface area contributed by atoms with Crippen LogP contribution in [0.1, 0.15) is 50.3 Å². The maximum absolute atomic E-state index is 12.4. The predicted octanol–water partition coefficient (Wildman–Crippen LogP) is 4.65. The summed E-state index contributed by atoms with van der Waals surface area (Å²) in [6, 6.07) is 13.4. The van der Waals surface area contributed by atoms with Gasteiger partial charge in [-0.3, -0.25) is 4.79 Å². The quantitative estimate of drug-likeness (QED) is 0.511. The molecule has 7 nitrogen and oxygen atoms in total. The van der Waals surface area contributed by atoms with E-state index < -0.39 is 0 Å². The van der Waals surface area contributed by atoms with Crippen molar-refractivity contribution in [2.24, 2.45) is 0 Å². The van der Waals surface area contributed by atoms with Crippen molar-refractivity contribution in [1.29, 1.82) is 0 Å². The maximum Gasteiger partial charge on any atom is 0.227 e. The van der Waals surface area contributed by atoms with Gasteiger partial charge in [0.25, 0.3) is 0 Å². The molecule has 0 spiro atoms. The molecule has 1 N–H and O–H groups in total. The molecule has 7 heteroatoms. The van der Waals surface area contributed by atoms with Gasteiger partial charge in [0, 0.05) is 18.4 Å². The second kappa shape index (κ2) is 10.6. The summed E-state index contributed by atoms with van der Waals surface area (Å²) in [7, 11) is 0. The zero-order chi connectivity index (χ0) is 22.2. The minimum atomic E-state index is -0.173. The van der Waals surface area contributed by atoms with Crippen molar-refractivity contribution in [2.45, 2.75) is 46.6 Å². The van der Waals surface area contributed by atoms with Crippen molar-refractivity contribution in [2.75, 3.05) is 13.2 Å². The van der Waals surface area contributed by atoms with E-state index in [-0.39, 0.29) is 18.4 Å². The third-order valence-corrected chi connectivity index (χ3v) is 4.79. The Morgan fingerprint density at radius 3 is 2.48 bits per heavy atom. The van der Waals surface area contributed by atoms with Crippen LogP contribution in [0.3, 0.4) is 0 Å². The highest BCUT2D eigenvalue weighted by atomic mass is 16.5. The standard InChI is InChI=1S/C24H29N3O4/c1-5-29-20-12-11-19(15-21(20)30-6-2)17(4)25-22(28)13-14-23-26-24(27-31-23)18-9-7-16(3)8-10-18/h7-12,15,17H,5-6,13-14H2,1-4H3,(H,25,28)/t17-/m1/s1. The highest BCUT2D eigenvalue weighted by Crippen LogP contribution is 2.30. The lowest BCUT2D eigenvalue weighted by Crippen LogP contribution is -2.26. The number of rotatable bonds is 10. The number of benzene rings is 2. The van der Waals surface area contributed by atoms with Gasteiger partial charge < -0.3 is 19.3 Å². The van der Waals surface area contributed by atoms with Gasteiger partial charge in [-0.15, -0.1) is 0 Å². The number of carbonyl (C=O) groups is 1. The lowest BCUT2D eigenvalue weighted by Gasteiger charge is -2.17. The van der Waals surface area contributed by atoms with Crippen LogP contribution < -0.4 is 14.8 Å². The summed E-state index contributed by atoms with van der Waals surface area (Å²) in [5.74, 6) is 2.26. The Morgan fingerprint density at radius 1 is 1.06 bits per heavy atom. The molecule has 3 rings (SSSR count). The molecule has 1 amide bonds. The predicted molar refractivity (Wildman–Crippen MR) is 118 cm³/mol. The Morgan fingerprint density at radius 2 is 1.77 bits per heavy atom. The molecule has 1 heterocycles. The number of hydrogen-bond donors (Lipinski definition) is 1. The van der Waals surface area contributed by atoms with Gasteiger partial charge in [-0.05, 0) is 45.4 Å². The monoisotopic (exact) mass is 423 g/mol. The molecule has 0 saturated carbocycles. The second-order valence-corrected chi connectivity index (χ2v) is 7.24. The zero-order valence-corrected chi connectivity index (χ0v) is 18.5. The van der Waals surface area contributed by atoms with Gasteiger partial charge in [-0.2, -0.15) is 4.98 Å². The van der Waals surface area contributed by atoms with Gasteiger partial charge in [0.15, 0.2) is 11.5 Å². The fourth-order valence-corrected chi connectivity index (χ4v) is 3.13. The third-order valence-electron chi connectivity index (χ3n) is 4.79. The molecule has 1 atom stereocenters. The van der Waals surface area contributed by atoms with Crippen LogP contribution in [0.25, 0.3) is 11.4 Å². The Labute approximate surface area is 182 Å². The van der Waals surface area contributed by atoms with Crippen LogP contribution in [0, 0.1) is 6.92 Å². The van der Waals surface area contributed by atoms with E-state index in [9.17, 15) is 4.79 Å². The number of aryl methyl sites for hydroxylation is 2. The number of nitrogens with zero attached hydrogens (tertiary/aromatic N) is 2. The van der Waals surface area contributed by atoms with Crippen molar-refractivity contribution >= 4 is 5.91 Å². The van der Waals surface area contributed by atoms with Gasteiger partial charge in [0.1, 0.15) is 0 Å². The maximum atomic E-state index is 12.4. The van der Waals surface area contributed by atoms with Crippen LogP contribution >= 0.6 is 0 Å². The summed E-state index contributed by atoms with van der Waals surface area (Å²) >= 11 is 0. The molecular weight excluding hydrogens is 394 g/mol. The van der Waals surface area contributed by atoms with Gasteiger partial charge in [-0.25, -0.2) is 0 Å². The highest BCUT2D eigenvalue weighted by Gasteiger charge is 2.15. The van der Waals surface area contributed by atoms with E-state index in [4.69, 9.17) is 14.0 Å². The molecule has 0 saturated heterocycles. The first kappa shape index (κ1) is 22.3. The normalized spacial score (nSPS) is 11.7. The first-order valence-corrected chi connectivity index (χ1v) is 10.6. The molecule has 2 aromatic carbocycles. The average molecular weight is 424 g/mol. The molecule has 31 heavy (non-hydrogen) atoms. The van der Waals surface area contributed by atoms with Crippen molar-refractivity contribution in [1.82, 2.24) is 15.5 Å². The summed E-state index contributed by atoms with van der Waals surface area (Å²) in [5, 5.41) is 7.02. The fraction of sp³-hybridized carbons (Fsp3) is 0.375. The van der Waals surface area contributed by atoms with Crippen LogP contribution in [0.2, 0.25) is 0 Å². The minimum absolute atomic E-state index is 0.0885. The second-order valence-electron chi connectivity index (χ2n) is 7.24. The van der Waals surface area contributed by atoms with Crippen LogP contribution in [-0.4, -0.2) is 29.3 Å². The Balaban J connectivity index is 1.56. The van der Waals surface area contributed by atoms with E-state index in [0.29, 0.717) is 42.8 Å².